The third-order valence-electron chi connectivity index (χ3n) is 4.10. The van der Waals surface area contributed by atoms with Gasteiger partial charge in [0.2, 0.25) is 11.8 Å². The van der Waals surface area contributed by atoms with Crippen LogP contribution in [0.2, 0.25) is 0 Å². The van der Waals surface area contributed by atoms with Crippen LogP contribution in [-0.4, -0.2) is 39.1 Å². The van der Waals surface area contributed by atoms with Crippen molar-refractivity contribution in [2.75, 3.05) is 43.7 Å². The number of primary amides is 2. The second kappa shape index (κ2) is 9.88. The van der Waals surface area contributed by atoms with Crippen LogP contribution in [0.15, 0.2) is 42.5 Å². The Kier molecular flexibility index (Phi) is 7.30. The van der Waals surface area contributed by atoms with E-state index in [1.807, 2.05) is 12.2 Å². The standard InChI is InChI=1S/C20H25N5O4/c1-28-16-10-12(19(22)26)5-6-15(16)24-7-3-4-8-25-18-14(21)9-13(20(23)27)11-17(18)29-2/h3-6,9-11,24-25H,7-8,21H2,1-2H3,(H2,22,26)(H2,23,27)/b4-3+. The van der Waals surface area contributed by atoms with Crippen LogP contribution < -0.4 is 37.3 Å². The van der Waals surface area contributed by atoms with Crippen molar-refractivity contribution in [1.29, 1.82) is 0 Å². The van der Waals surface area contributed by atoms with E-state index in [4.69, 9.17) is 26.7 Å². The van der Waals surface area contributed by atoms with Crippen molar-refractivity contribution in [3.05, 3.63) is 53.6 Å². The lowest BCUT2D eigenvalue weighted by atomic mass is 10.1. The quantitative estimate of drug-likeness (QED) is 0.300. The van der Waals surface area contributed by atoms with Gasteiger partial charge in [0.15, 0.2) is 0 Å². The van der Waals surface area contributed by atoms with Crippen LogP contribution in [-0.2, 0) is 0 Å². The highest BCUT2D eigenvalue weighted by molar-refractivity contribution is 5.96. The van der Waals surface area contributed by atoms with Crippen molar-refractivity contribution in [2.45, 2.75) is 0 Å². The smallest absolute Gasteiger partial charge is 0.248 e. The lowest BCUT2D eigenvalue weighted by Crippen LogP contribution is -2.13. The van der Waals surface area contributed by atoms with Gasteiger partial charge in [-0.1, -0.05) is 12.2 Å². The number of rotatable bonds is 10. The average Bonchev–Trinajstić information content (AvgIpc) is 2.70. The number of nitrogens with two attached hydrogens (primary N) is 3. The molecule has 0 radical (unpaired) electrons. The Hall–Kier alpha value is -3.88. The first-order chi connectivity index (χ1) is 13.9. The summed E-state index contributed by atoms with van der Waals surface area (Å²) in [7, 11) is 3.01. The minimum Gasteiger partial charge on any atom is -0.495 e. The van der Waals surface area contributed by atoms with E-state index < -0.39 is 11.8 Å². The second-order valence-corrected chi connectivity index (χ2v) is 6.02. The van der Waals surface area contributed by atoms with Gasteiger partial charge in [0.05, 0.1) is 25.6 Å². The van der Waals surface area contributed by atoms with Gasteiger partial charge in [0, 0.05) is 24.2 Å². The molecule has 0 unspecified atom stereocenters. The number of hydrogen-bond acceptors (Lipinski definition) is 7. The normalized spacial score (nSPS) is 10.6. The van der Waals surface area contributed by atoms with Crippen LogP contribution in [0.25, 0.3) is 0 Å². The van der Waals surface area contributed by atoms with Crippen molar-refractivity contribution in [3.8, 4) is 11.5 Å². The number of nitrogen functional groups attached to an aromatic ring is 1. The fraction of sp³-hybridized carbons (Fsp3) is 0.200. The number of nitrogens with one attached hydrogen (secondary N) is 2. The number of ether oxygens (including phenoxy) is 2. The Morgan fingerprint density at radius 1 is 0.897 bits per heavy atom. The number of carbonyl (C=O) groups excluding carboxylic acids is 2. The molecule has 0 atom stereocenters. The molecule has 2 amide bonds. The van der Waals surface area contributed by atoms with Gasteiger partial charge in [-0.15, -0.1) is 0 Å². The number of carbonyl (C=O) groups is 2. The molecule has 0 fully saturated rings. The van der Waals surface area contributed by atoms with E-state index in [0.29, 0.717) is 41.5 Å². The molecular formula is C20H25N5O4. The van der Waals surface area contributed by atoms with Gasteiger partial charge in [-0.25, -0.2) is 0 Å². The van der Waals surface area contributed by atoms with E-state index >= 15 is 0 Å². The number of amides is 2. The van der Waals surface area contributed by atoms with Gasteiger partial charge in [-0.05, 0) is 30.3 Å². The summed E-state index contributed by atoms with van der Waals surface area (Å²) < 4.78 is 10.5. The van der Waals surface area contributed by atoms with Crippen LogP contribution in [0.4, 0.5) is 17.1 Å². The molecule has 2 rings (SSSR count). The summed E-state index contributed by atoms with van der Waals surface area (Å²) in [4.78, 5) is 22.6. The zero-order valence-corrected chi connectivity index (χ0v) is 16.3. The molecule has 2 aromatic carbocycles. The van der Waals surface area contributed by atoms with Gasteiger partial charge >= 0.3 is 0 Å². The molecule has 0 spiro atoms. The molecular weight excluding hydrogens is 374 g/mol. The van der Waals surface area contributed by atoms with E-state index in [0.717, 1.165) is 5.69 Å². The highest BCUT2D eigenvalue weighted by atomic mass is 16.5. The Labute approximate surface area is 168 Å². The van der Waals surface area contributed by atoms with E-state index in [9.17, 15) is 9.59 Å². The summed E-state index contributed by atoms with van der Waals surface area (Å²) >= 11 is 0. The first kappa shape index (κ1) is 21.4. The molecule has 29 heavy (non-hydrogen) atoms. The maximum absolute atomic E-state index is 11.3. The van der Waals surface area contributed by atoms with Crippen LogP contribution in [0.1, 0.15) is 20.7 Å². The monoisotopic (exact) mass is 399 g/mol. The van der Waals surface area contributed by atoms with Gasteiger partial charge in [-0.3, -0.25) is 9.59 Å². The summed E-state index contributed by atoms with van der Waals surface area (Å²) in [6.45, 7) is 1.01. The highest BCUT2D eigenvalue weighted by Gasteiger charge is 2.11. The van der Waals surface area contributed by atoms with E-state index in [-0.39, 0.29) is 5.56 Å². The molecule has 9 nitrogen and oxygen atoms in total. The van der Waals surface area contributed by atoms with Crippen LogP contribution >= 0.6 is 0 Å². The Morgan fingerprint density at radius 2 is 1.48 bits per heavy atom. The minimum absolute atomic E-state index is 0.279. The molecule has 9 heteroatoms. The molecule has 0 heterocycles. The van der Waals surface area contributed by atoms with Gasteiger partial charge in [0.1, 0.15) is 17.2 Å². The summed E-state index contributed by atoms with van der Waals surface area (Å²) in [6.07, 6.45) is 3.81. The van der Waals surface area contributed by atoms with Crippen molar-refractivity contribution >= 4 is 28.9 Å². The summed E-state index contributed by atoms with van der Waals surface area (Å²) in [5.41, 5.74) is 18.9. The first-order valence-electron chi connectivity index (χ1n) is 8.75. The van der Waals surface area contributed by atoms with Gasteiger partial charge in [0.25, 0.3) is 0 Å². The molecule has 0 aliphatic heterocycles. The fourth-order valence-electron chi connectivity index (χ4n) is 2.62. The summed E-state index contributed by atoms with van der Waals surface area (Å²) in [6, 6.07) is 7.98. The van der Waals surface area contributed by atoms with Crippen molar-refractivity contribution in [1.82, 2.24) is 0 Å². The summed E-state index contributed by atoms with van der Waals surface area (Å²) in [5.74, 6) is -0.129. The lowest BCUT2D eigenvalue weighted by molar-refractivity contribution is 0.0991. The summed E-state index contributed by atoms with van der Waals surface area (Å²) in [5, 5.41) is 6.34. The number of hydrogen-bond donors (Lipinski definition) is 5. The maximum Gasteiger partial charge on any atom is 0.248 e. The van der Waals surface area contributed by atoms with Crippen LogP contribution in [0.5, 0.6) is 11.5 Å². The third kappa shape index (κ3) is 5.55. The molecule has 8 N–H and O–H groups in total. The molecule has 0 aromatic heterocycles. The average molecular weight is 399 g/mol. The van der Waals surface area contributed by atoms with Crippen molar-refractivity contribution in [2.24, 2.45) is 11.5 Å². The molecule has 0 saturated carbocycles. The van der Waals surface area contributed by atoms with Crippen LogP contribution in [0.3, 0.4) is 0 Å². The van der Waals surface area contributed by atoms with E-state index in [1.54, 1.807) is 18.2 Å². The minimum atomic E-state index is -0.577. The predicted molar refractivity (Wildman–Crippen MR) is 114 cm³/mol. The molecule has 0 saturated heterocycles. The zero-order chi connectivity index (χ0) is 21.4. The Balaban J connectivity index is 1.94. The third-order valence-corrected chi connectivity index (χ3v) is 4.10. The zero-order valence-electron chi connectivity index (χ0n) is 16.3. The first-order valence-corrected chi connectivity index (χ1v) is 8.75. The molecule has 0 bridgehead atoms. The second-order valence-electron chi connectivity index (χ2n) is 6.02. The fourth-order valence-corrected chi connectivity index (χ4v) is 2.62. The van der Waals surface area contributed by atoms with Crippen molar-refractivity contribution < 1.29 is 19.1 Å². The van der Waals surface area contributed by atoms with Crippen LogP contribution in [0, 0.1) is 0 Å². The lowest BCUT2D eigenvalue weighted by Gasteiger charge is -2.14. The SMILES string of the molecule is COc1cc(C(N)=O)ccc1NC/C=C/CNc1c(N)cc(C(N)=O)cc1OC. The van der Waals surface area contributed by atoms with Gasteiger partial charge < -0.3 is 37.3 Å². The number of methoxy groups -OCH3 is 2. The van der Waals surface area contributed by atoms with Crippen molar-refractivity contribution in [3.63, 3.8) is 0 Å². The predicted octanol–water partition coefficient (Wildman–Crippen LogP) is 1.56. The highest BCUT2D eigenvalue weighted by Crippen LogP contribution is 2.32. The van der Waals surface area contributed by atoms with Gasteiger partial charge in [-0.2, -0.15) is 0 Å². The number of anilines is 3. The number of benzene rings is 2. The largest absolute Gasteiger partial charge is 0.495 e. The molecule has 0 aliphatic carbocycles. The maximum atomic E-state index is 11.3. The Bertz CT molecular complexity index is 927. The molecule has 0 aliphatic rings. The molecule has 154 valence electrons. The Morgan fingerprint density at radius 3 is 2.07 bits per heavy atom. The van der Waals surface area contributed by atoms with E-state index in [2.05, 4.69) is 10.6 Å². The van der Waals surface area contributed by atoms with E-state index in [1.165, 1.54) is 26.4 Å². The topological polar surface area (TPSA) is 155 Å². The molecule has 2 aromatic rings.